The van der Waals surface area contributed by atoms with Crippen LogP contribution < -0.4 is 0 Å². The van der Waals surface area contributed by atoms with E-state index in [1.165, 1.54) is 21.0 Å². The summed E-state index contributed by atoms with van der Waals surface area (Å²) in [7, 11) is -1.62. The minimum atomic E-state index is -4.71. The first-order chi connectivity index (χ1) is 8.70. The second-order valence-corrected chi connectivity index (χ2v) is 7.66. The van der Waals surface area contributed by atoms with Crippen molar-refractivity contribution in [3.05, 3.63) is 17.0 Å². The molecule has 116 valence electrons. The number of alkyl halides is 3. The molecule has 0 aromatic carbocycles. The molecule has 0 saturated heterocycles. The third-order valence-electron chi connectivity index (χ3n) is 2.77. The molecule has 0 saturated carbocycles. The molecule has 9 heteroatoms. The van der Waals surface area contributed by atoms with Crippen molar-refractivity contribution in [1.29, 1.82) is 0 Å². The highest BCUT2D eigenvalue weighted by molar-refractivity contribution is 7.87. The monoisotopic (exact) mass is 313 g/mol. The van der Waals surface area contributed by atoms with E-state index >= 15 is 0 Å². The average molecular weight is 313 g/mol. The molecule has 0 N–H and O–H groups in total. The van der Waals surface area contributed by atoms with Gasteiger partial charge in [-0.05, 0) is 12.3 Å². The predicted molar refractivity (Wildman–Crippen MR) is 68.7 cm³/mol. The minimum Gasteiger partial charge on any atom is -0.189 e. The molecule has 1 aromatic rings. The highest BCUT2D eigenvalue weighted by atomic mass is 32.2. The van der Waals surface area contributed by atoms with Crippen molar-refractivity contribution in [3.63, 3.8) is 0 Å². The van der Waals surface area contributed by atoms with Gasteiger partial charge in [0.05, 0.1) is 5.69 Å². The number of halogens is 3. The lowest BCUT2D eigenvalue weighted by molar-refractivity contribution is -0.142. The zero-order valence-corrected chi connectivity index (χ0v) is 13.0. The molecule has 20 heavy (non-hydrogen) atoms. The molecule has 0 aliphatic heterocycles. The molecule has 0 aliphatic rings. The topological polar surface area (TPSA) is 55.2 Å². The van der Waals surface area contributed by atoms with Crippen LogP contribution in [0.1, 0.15) is 37.7 Å². The zero-order chi connectivity index (χ0) is 16.1. The van der Waals surface area contributed by atoms with Gasteiger partial charge < -0.3 is 0 Å². The summed E-state index contributed by atoms with van der Waals surface area (Å²) in [4.78, 5) is 0. The maximum Gasteiger partial charge on any atom is 0.435 e. The number of hydrogen-bond donors (Lipinski definition) is 0. The van der Waals surface area contributed by atoms with Crippen LogP contribution in [0, 0.1) is 6.92 Å². The SMILES string of the molecule is Cc1c(C(C)(C)C)c(C(F)(F)F)nn1S(=O)(=O)N(C)C. The third kappa shape index (κ3) is 2.83. The van der Waals surface area contributed by atoms with Crippen molar-refractivity contribution >= 4 is 10.2 Å². The molecular formula is C11H18F3N3O2S. The Balaban J connectivity index is 3.76. The Morgan fingerprint density at radius 2 is 1.60 bits per heavy atom. The molecule has 0 unspecified atom stereocenters. The predicted octanol–water partition coefficient (Wildman–Crippen LogP) is 2.16. The second kappa shape index (κ2) is 4.73. The molecule has 5 nitrogen and oxygen atoms in total. The van der Waals surface area contributed by atoms with Crippen LogP contribution in [0.5, 0.6) is 0 Å². The van der Waals surface area contributed by atoms with E-state index in [1.807, 2.05) is 0 Å². The van der Waals surface area contributed by atoms with Crippen molar-refractivity contribution in [2.45, 2.75) is 39.3 Å². The lowest BCUT2D eigenvalue weighted by Crippen LogP contribution is -2.30. The molecule has 0 radical (unpaired) electrons. The molecule has 0 amide bonds. The zero-order valence-electron chi connectivity index (χ0n) is 12.2. The lowest BCUT2D eigenvalue weighted by atomic mass is 9.85. The van der Waals surface area contributed by atoms with Crippen LogP contribution in [0.2, 0.25) is 0 Å². The van der Waals surface area contributed by atoms with E-state index in [1.54, 1.807) is 20.8 Å². The summed E-state index contributed by atoms with van der Waals surface area (Å²) in [6.07, 6.45) is -4.71. The van der Waals surface area contributed by atoms with Gasteiger partial charge in [-0.15, -0.1) is 4.09 Å². The Labute approximate surface area is 116 Å². The molecular weight excluding hydrogens is 295 g/mol. The summed E-state index contributed by atoms with van der Waals surface area (Å²) in [6.45, 7) is 6.07. The van der Waals surface area contributed by atoms with Crippen molar-refractivity contribution in [1.82, 2.24) is 13.5 Å². The van der Waals surface area contributed by atoms with E-state index in [2.05, 4.69) is 5.10 Å². The maximum absolute atomic E-state index is 13.1. The van der Waals surface area contributed by atoms with Gasteiger partial charge in [-0.3, -0.25) is 0 Å². The summed E-state index contributed by atoms with van der Waals surface area (Å²) in [5.41, 5.74) is -2.18. The summed E-state index contributed by atoms with van der Waals surface area (Å²) in [5, 5.41) is 3.30. The van der Waals surface area contributed by atoms with Crippen molar-refractivity contribution < 1.29 is 21.6 Å². The first kappa shape index (κ1) is 17.0. The Morgan fingerprint density at radius 3 is 1.85 bits per heavy atom. The van der Waals surface area contributed by atoms with E-state index in [-0.39, 0.29) is 11.3 Å². The van der Waals surface area contributed by atoms with Crippen LogP contribution >= 0.6 is 0 Å². The number of hydrogen-bond acceptors (Lipinski definition) is 3. The molecule has 0 atom stereocenters. The Morgan fingerprint density at radius 1 is 1.15 bits per heavy atom. The lowest BCUT2D eigenvalue weighted by Gasteiger charge is -2.21. The van der Waals surface area contributed by atoms with E-state index in [9.17, 15) is 21.6 Å². The van der Waals surface area contributed by atoms with E-state index in [4.69, 9.17) is 0 Å². The number of rotatable bonds is 2. The first-order valence-corrected chi connectivity index (χ1v) is 7.20. The van der Waals surface area contributed by atoms with E-state index in [0.29, 0.717) is 4.09 Å². The summed E-state index contributed by atoms with van der Waals surface area (Å²) < 4.78 is 64.6. The molecule has 0 fully saturated rings. The van der Waals surface area contributed by atoms with Crippen molar-refractivity contribution in [2.24, 2.45) is 0 Å². The van der Waals surface area contributed by atoms with Crippen molar-refractivity contribution in [2.75, 3.05) is 14.1 Å². The van der Waals surface area contributed by atoms with Gasteiger partial charge in [0, 0.05) is 19.7 Å². The number of nitrogens with zero attached hydrogens (tertiary/aromatic N) is 3. The Hall–Kier alpha value is -1.09. The van der Waals surface area contributed by atoms with E-state index < -0.39 is 27.5 Å². The van der Waals surface area contributed by atoms with Gasteiger partial charge in [0.2, 0.25) is 0 Å². The summed E-state index contributed by atoms with van der Waals surface area (Å²) >= 11 is 0. The van der Waals surface area contributed by atoms with E-state index in [0.717, 1.165) is 4.31 Å². The molecule has 1 heterocycles. The van der Waals surface area contributed by atoms with Crippen LogP contribution in [0.3, 0.4) is 0 Å². The van der Waals surface area contributed by atoms with Gasteiger partial charge >= 0.3 is 16.4 Å². The average Bonchev–Trinajstić information content (AvgIpc) is 2.54. The van der Waals surface area contributed by atoms with Gasteiger partial charge in [0.15, 0.2) is 5.69 Å². The Bertz CT molecular complexity index is 610. The van der Waals surface area contributed by atoms with Gasteiger partial charge in [-0.2, -0.15) is 31.0 Å². The van der Waals surface area contributed by atoms with Gasteiger partial charge in [0.25, 0.3) is 0 Å². The molecule has 1 rings (SSSR count). The smallest absolute Gasteiger partial charge is 0.189 e. The largest absolute Gasteiger partial charge is 0.435 e. The van der Waals surface area contributed by atoms with Crippen LogP contribution in [0.25, 0.3) is 0 Å². The maximum atomic E-state index is 13.1. The summed E-state index contributed by atoms with van der Waals surface area (Å²) in [6, 6.07) is 0. The molecule has 0 spiro atoms. The fourth-order valence-electron chi connectivity index (χ4n) is 1.96. The molecule has 0 bridgehead atoms. The second-order valence-electron chi connectivity index (χ2n) is 5.69. The van der Waals surface area contributed by atoms with Crippen LogP contribution in [-0.4, -0.2) is 36.0 Å². The Kier molecular flexibility index (Phi) is 4.01. The van der Waals surface area contributed by atoms with Gasteiger partial charge in [-0.1, -0.05) is 20.8 Å². The fraction of sp³-hybridized carbons (Fsp3) is 0.727. The molecule has 1 aromatic heterocycles. The molecule has 0 aliphatic carbocycles. The quantitative estimate of drug-likeness (QED) is 0.841. The fourth-order valence-corrected chi connectivity index (χ4v) is 2.89. The first-order valence-electron chi connectivity index (χ1n) is 5.81. The van der Waals surface area contributed by atoms with Crippen LogP contribution in [0.4, 0.5) is 13.2 Å². The third-order valence-corrected chi connectivity index (χ3v) is 4.49. The van der Waals surface area contributed by atoms with Crippen molar-refractivity contribution in [3.8, 4) is 0 Å². The normalized spacial score (nSPS) is 14.1. The highest BCUT2D eigenvalue weighted by Crippen LogP contribution is 2.38. The standard InChI is InChI=1S/C11H18F3N3O2S/c1-7-8(10(2,3)4)9(11(12,13)14)15-17(7)20(18,19)16(5)6/h1-6H3. The van der Waals surface area contributed by atoms with Crippen LogP contribution in [-0.2, 0) is 21.8 Å². The highest BCUT2D eigenvalue weighted by Gasteiger charge is 2.43. The van der Waals surface area contributed by atoms with Crippen LogP contribution in [0.15, 0.2) is 0 Å². The minimum absolute atomic E-state index is 0.0291. The number of aromatic nitrogens is 2. The van der Waals surface area contributed by atoms with Gasteiger partial charge in [0.1, 0.15) is 0 Å². The van der Waals surface area contributed by atoms with Gasteiger partial charge in [-0.25, -0.2) is 0 Å². The summed E-state index contributed by atoms with van der Waals surface area (Å²) in [5.74, 6) is 0.